The van der Waals surface area contributed by atoms with Gasteiger partial charge in [0.1, 0.15) is 0 Å². The first-order valence-electron chi connectivity index (χ1n) is 12.2. The van der Waals surface area contributed by atoms with Crippen LogP contribution < -0.4 is 9.62 Å². The number of rotatable bonds is 8. The van der Waals surface area contributed by atoms with Gasteiger partial charge in [0.25, 0.3) is 5.91 Å². The number of sulfonamides is 1. The van der Waals surface area contributed by atoms with E-state index in [1.165, 1.54) is 10.6 Å². The third-order valence-corrected chi connectivity index (χ3v) is 7.61. The Morgan fingerprint density at radius 1 is 0.811 bits per heavy atom. The van der Waals surface area contributed by atoms with Gasteiger partial charge in [0.2, 0.25) is 10.0 Å². The number of aryl methyl sites for hydroxylation is 3. The molecule has 0 radical (unpaired) electrons. The topological polar surface area (TPSA) is 66.5 Å². The summed E-state index contributed by atoms with van der Waals surface area (Å²) in [5.41, 5.74) is 6.97. The minimum atomic E-state index is -3.51. The van der Waals surface area contributed by atoms with Gasteiger partial charge in [-0.05, 0) is 72.4 Å². The molecule has 0 aliphatic rings. The second-order valence-corrected chi connectivity index (χ2v) is 11.3. The van der Waals surface area contributed by atoms with Crippen LogP contribution in [-0.2, 0) is 16.6 Å². The van der Waals surface area contributed by atoms with E-state index < -0.39 is 10.0 Å². The van der Waals surface area contributed by atoms with Gasteiger partial charge in [-0.2, -0.15) is 0 Å². The zero-order valence-electron chi connectivity index (χ0n) is 21.6. The van der Waals surface area contributed by atoms with E-state index in [1.807, 2.05) is 106 Å². The SMILES string of the molecule is Cc1ccc(C)c(N(Cc2ccc(C(=O)NC(c3ccccc3)c3ccccc3C)cc2)S(C)(=O)=O)c1. The van der Waals surface area contributed by atoms with Crippen molar-refractivity contribution in [3.8, 4) is 0 Å². The maximum absolute atomic E-state index is 13.3. The standard InChI is InChI=1S/C31H32N2O3S/c1-22-14-15-24(3)29(20-22)33(37(4,35)36)21-25-16-18-27(19-17-25)31(34)32-30(26-11-6-5-7-12-26)28-13-9-8-10-23(28)2/h5-20,30H,21H2,1-4H3,(H,32,34). The monoisotopic (exact) mass is 512 g/mol. The van der Waals surface area contributed by atoms with Crippen LogP contribution in [0.25, 0.3) is 0 Å². The highest BCUT2D eigenvalue weighted by molar-refractivity contribution is 7.92. The Morgan fingerprint density at radius 2 is 1.46 bits per heavy atom. The number of anilines is 1. The van der Waals surface area contributed by atoms with Crippen LogP contribution in [0.3, 0.4) is 0 Å². The molecule has 1 amide bonds. The van der Waals surface area contributed by atoms with E-state index in [9.17, 15) is 13.2 Å². The smallest absolute Gasteiger partial charge is 0.252 e. The Bertz CT molecular complexity index is 1500. The van der Waals surface area contributed by atoms with Crippen LogP contribution in [0, 0.1) is 20.8 Å². The molecule has 0 aromatic heterocycles. The van der Waals surface area contributed by atoms with Crippen molar-refractivity contribution in [2.45, 2.75) is 33.4 Å². The average Bonchev–Trinajstić information content (AvgIpc) is 2.88. The summed E-state index contributed by atoms with van der Waals surface area (Å²) in [4.78, 5) is 13.3. The molecule has 0 saturated carbocycles. The van der Waals surface area contributed by atoms with Crippen LogP contribution in [-0.4, -0.2) is 20.6 Å². The molecule has 0 aliphatic carbocycles. The Hall–Kier alpha value is -3.90. The summed E-state index contributed by atoms with van der Waals surface area (Å²) in [7, 11) is -3.51. The molecular formula is C31H32N2O3S. The number of nitrogens with zero attached hydrogens (tertiary/aromatic N) is 1. The minimum Gasteiger partial charge on any atom is -0.341 e. The van der Waals surface area contributed by atoms with E-state index in [-0.39, 0.29) is 18.5 Å². The first-order valence-corrected chi connectivity index (χ1v) is 14.0. The summed E-state index contributed by atoms with van der Waals surface area (Å²) in [6.45, 7) is 6.06. The van der Waals surface area contributed by atoms with Gasteiger partial charge in [0.15, 0.2) is 0 Å². The number of amides is 1. The Morgan fingerprint density at radius 3 is 2.11 bits per heavy atom. The summed E-state index contributed by atoms with van der Waals surface area (Å²) >= 11 is 0. The van der Waals surface area contributed by atoms with Gasteiger partial charge in [-0.3, -0.25) is 9.10 Å². The highest BCUT2D eigenvalue weighted by Crippen LogP contribution is 2.27. The summed E-state index contributed by atoms with van der Waals surface area (Å²) in [6.07, 6.45) is 1.21. The fourth-order valence-electron chi connectivity index (χ4n) is 4.41. The Balaban J connectivity index is 1.58. The van der Waals surface area contributed by atoms with Crippen LogP contribution >= 0.6 is 0 Å². The van der Waals surface area contributed by atoms with Gasteiger partial charge in [0, 0.05) is 5.56 Å². The van der Waals surface area contributed by atoms with Crippen molar-refractivity contribution in [3.05, 3.63) is 136 Å². The molecule has 0 aliphatic heterocycles. The Kier molecular flexibility index (Phi) is 7.79. The summed E-state index contributed by atoms with van der Waals surface area (Å²) < 4.78 is 26.7. The second-order valence-electron chi connectivity index (χ2n) is 9.43. The molecule has 0 bridgehead atoms. The highest BCUT2D eigenvalue weighted by atomic mass is 32.2. The van der Waals surface area contributed by atoms with E-state index >= 15 is 0 Å². The summed E-state index contributed by atoms with van der Waals surface area (Å²) in [5.74, 6) is -0.196. The van der Waals surface area contributed by atoms with Gasteiger partial charge < -0.3 is 5.32 Å². The molecule has 0 spiro atoms. The van der Waals surface area contributed by atoms with Crippen LogP contribution in [0.15, 0.2) is 97.1 Å². The first-order chi connectivity index (χ1) is 17.6. The number of hydrogen-bond donors (Lipinski definition) is 1. The predicted molar refractivity (Wildman–Crippen MR) is 150 cm³/mol. The Labute approximate surface area is 219 Å². The van der Waals surface area contributed by atoms with Crippen LogP contribution in [0.4, 0.5) is 5.69 Å². The molecule has 4 aromatic carbocycles. The number of carbonyl (C=O) groups excluding carboxylic acids is 1. The molecule has 6 heteroatoms. The van der Waals surface area contributed by atoms with E-state index in [2.05, 4.69) is 5.32 Å². The summed E-state index contributed by atoms with van der Waals surface area (Å²) in [6, 6.07) is 30.5. The number of benzene rings is 4. The van der Waals surface area contributed by atoms with Crippen molar-refractivity contribution in [3.63, 3.8) is 0 Å². The molecule has 4 rings (SSSR count). The van der Waals surface area contributed by atoms with E-state index in [1.54, 1.807) is 12.1 Å². The molecule has 37 heavy (non-hydrogen) atoms. The van der Waals surface area contributed by atoms with E-state index in [4.69, 9.17) is 0 Å². The lowest BCUT2D eigenvalue weighted by Crippen LogP contribution is -2.30. The fraction of sp³-hybridized carbons (Fsp3) is 0.194. The van der Waals surface area contributed by atoms with Crippen molar-refractivity contribution in [2.24, 2.45) is 0 Å². The lowest BCUT2D eigenvalue weighted by atomic mass is 9.94. The highest BCUT2D eigenvalue weighted by Gasteiger charge is 2.21. The third kappa shape index (κ3) is 6.27. The number of carbonyl (C=O) groups is 1. The van der Waals surface area contributed by atoms with Crippen molar-refractivity contribution in [1.29, 1.82) is 0 Å². The molecule has 1 atom stereocenters. The largest absolute Gasteiger partial charge is 0.341 e. The number of hydrogen-bond acceptors (Lipinski definition) is 3. The first kappa shape index (κ1) is 26.2. The molecule has 4 aromatic rings. The molecule has 0 heterocycles. The van der Waals surface area contributed by atoms with Gasteiger partial charge in [0.05, 0.1) is 24.5 Å². The van der Waals surface area contributed by atoms with Crippen molar-refractivity contribution < 1.29 is 13.2 Å². The quantitative estimate of drug-likeness (QED) is 0.310. The minimum absolute atomic E-state index is 0.181. The van der Waals surface area contributed by atoms with Crippen molar-refractivity contribution in [2.75, 3.05) is 10.6 Å². The van der Waals surface area contributed by atoms with Gasteiger partial charge in [-0.15, -0.1) is 0 Å². The van der Waals surface area contributed by atoms with Gasteiger partial charge in [-0.1, -0.05) is 78.9 Å². The van der Waals surface area contributed by atoms with Gasteiger partial charge in [-0.25, -0.2) is 8.42 Å². The molecule has 0 saturated heterocycles. The van der Waals surface area contributed by atoms with Crippen LogP contribution in [0.1, 0.15) is 49.8 Å². The van der Waals surface area contributed by atoms with E-state index in [0.29, 0.717) is 11.3 Å². The lowest BCUT2D eigenvalue weighted by molar-refractivity contribution is 0.0943. The maximum Gasteiger partial charge on any atom is 0.252 e. The normalized spacial score (nSPS) is 12.1. The molecule has 1 N–H and O–H groups in total. The van der Waals surface area contributed by atoms with Crippen molar-refractivity contribution >= 4 is 21.6 Å². The molecular weight excluding hydrogens is 480 g/mol. The van der Waals surface area contributed by atoms with Gasteiger partial charge >= 0.3 is 0 Å². The average molecular weight is 513 g/mol. The predicted octanol–water partition coefficient (Wildman–Crippen LogP) is 6.10. The van der Waals surface area contributed by atoms with Crippen molar-refractivity contribution in [1.82, 2.24) is 5.32 Å². The lowest BCUT2D eigenvalue weighted by Gasteiger charge is -2.25. The molecule has 5 nitrogen and oxygen atoms in total. The zero-order chi connectivity index (χ0) is 26.6. The molecule has 190 valence electrons. The maximum atomic E-state index is 13.3. The van der Waals surface area contributed by atoms with Crippen LogP contribution in [0.5, 0.6) is 0 Å². The second kappa shape index (κ2) is 11.0. The fourth-order valence-corrected chi connectivity index (χ4v) is 5.35. The molecule has 0 fully saturated rings. The van der Waals surface area contributed by atoms with E-state index in [0.717, 1.165) is 33.4 Å². The van der Waals surface area contributed by atoms with Crippen LogP contribution in [0.2, 0.25) is 0 Å². The summed E-state index contributed by atoms with van der Waals surface area (Å²) in [5, 5.41) is 3.19. The zero-order valence-corrected chi connectivity index (χ0v) is 22.4. The third-order valence-electron chi connectivity index (χ3n) is 6.48. The molecule has 1 unspecified atom stereocenters. The number of nitrogens with one attached hydrogen (secondary N) is 1.